The lowest BCUT2D eigenvalue weighted by molar-refractivity contribution is 0.185. The molecule has 0 bridgehead atoms. The third-order valence-electron chi connectivity index (χ3n) is 3.50. The lowest BCUT2D eigenvalue weighted by Gasteiger charge is -2.11. The van der Waals surface area contributed by atoms with E-state index in [9.17, 15) is 0 Å². The zero-order valence-electron chi connectivity index (χ0n) is 12.6. The van der Waals surface area contributed by atoms with E-state index in [4.69, 9.17) is 32.7 Å². The molecule has 6 heteroatoms. The smallest absolute Gasteiger partial charge is 0.148 e. The molecule has 0 aliphatic heterocycles. The van der Waals surface area contributed by atoms with Crippen LogP contribution in [0.2, 0.25) is 10.0 Å². The minimum atomic E-state index is 0.319. The minimum absolute atomic E-state index is 0.319. The molecule has 0 unspecified atom stereocenters. The van der Waals surface area contributed by atoms with Crippen LogP contribution in [0.15, 0.2) is 42.5 Å². The first-order chi connectivity index (χ1) is 11.2. The predicted octanol–water partition coefficient (Wildman–Crippen LogP) is 4.57. The fourth-order valence-corrected chi connectivity index (χ4v) is 2.87. The molecule has 1 aromatic heterocycles. The predicted molar refractivity (Wildman–Crippen MR) is 92.4 cm³/mol. The molecule has 0 aliphatic carbocycles. The molecule has 0 aliphatic rings. The van der Waals surface area contributed by atoms with Gasteiger partial charge in [0.05, 0.1) is 22.7 Å². The molecule has 0 spiro atoms. The van der Waals surface area contributed by atoms with Gasteiger partial charge in [-0.1, -0.05) is 35.3 Å². The standard InChI is InChI=1S/C17H16Cl2N2O2/c1-22-9-8-21-15-5-3-2-4-14(15)20-17(21)11-23-16-7-6-12(18)10-13(16)19/h2-7,10H,8-9,11H2,1H3. The molecule has 0 radical (unpaired) electrons. The highest BCUT2D eigenvalue weighted by molar-refractivity contribution is 6.35. The number of benzene rings is 2. The molecule has 120 valence electrons. The van der Waals surface area contributed by atoms with Gasteiger partial charge in [-0.15, -0.1) is 0 Å². The highest BCUT2D eigenvalue weighted by Gasteiger charge is 2.12. The first-order valence-electron chi connectivity index (χ1n) is 7.20. The molecular formula is C17H16Cl2N2O2. The van der Waals surface area contributed by atoms with Gasteiger partial charge < -0.3 is 14.0 Å². The number of hydrogen-bond donors (Lipinski definition) is 0. The number of halogens is 2. The summed E-state index contributed by atoms with van der Waals surface area (Å²) in [6.07, 6.45) is 0. The Bertz CT molecular complexity index is 817. The van der Waals surface area contributed by atoms with Crippen molar-refractivity contribution in [3.8, 4) is 5.75 Å². The van der Waals surface area contributed by atoms with E-state index in [-0.39, 0.29) is 0 Å². The van der Waals surface area contributed by atoms with E-state index in [1.807, 2.05) is 24.3 Å². The number of ether oxygens (including phenoxy) is 2. The Morgan fingerprint density at radius 3 is 2.74 bits per heavy atom. The third kappa shape index (κ3) is 3.61. The first-order valence-corrected chi connectivity index (χ1v) is 7.95. The van der Waals surface area contributed by atoms with Crippen molar-refractivity contribution in [3.63, 3.8) is 0 Å². The van der Waals surface area contributed by atoms with Gasteiger partial charge in [-0.2, -0.15) is 0 Å². The Labute approximate surface area is 144 Å². The van der Waals surface area contributed by atoms with Crippen molar-refractivity contribution in [2.45, 2.75) is 13.2 Å². The Kier molecular flexibility index (Phi) is 5.06. The maximum atomic E-state index is 6.14. The molecular weight excluding hydrogens is 335 g/mol. The highest BCUT2D eigenvalue weighted by Crippen LogP contribution is 2.28. The average Bonchev–Trinajstić information content (AvgIpc) is 2.89. The number of methoxy groups -OCH3 is 1. The maximum absolute atomic E-state index is 6.14. The number of para-hydroxylation sites is 2. The van der Waals surface area contributed by atoms with Crippen LogP contribution in [-0.2, 0) is 17.9 Å². The Balaban J connectivity index is 1.86. The van der Waals surface area contributed by atoms with Crippen molar-refractivity contribution in [3.05, 3.63) is 58.3 Å². The van der Waals surface area contributed by atoms with Gasteiger partial charge in [0.1, 0.15) is 18.2 Å². The number of imidazole rings is 1. The van der Waals surface area contributed by atoms with Gasteiger partial charge in [0, 0.05) is 18.7 Å². The van der Waals surface area contributed by atoms with E-state index in [1.54, 1.807) is 25.3 Å². The van der Waals surface area contributed by atoms with E-state index < -0.39 is 0 Å². The van der Waals surface area contributed by atoms with Gasteiger partial charge in [-0.25, -0.2) is 4.98 Å². The van der Waals surface area contributed by atoms with Crippen LogP contribution in [0.3, 0.4) is 0 Å². The lowest BCUT2D eigenvalue weighted by atomic mass is 10.3. The maximum Gasteiger partial charge on any atom is 0.148 e. The molecule has 0 saturated heterocycles. The quantitative estimate of drug-likeness (QED) is 0.653. The second-order valence-corrected chi connectivity index (χ2v) is 5.87. The Morgan fingerprint density at radius 2 is 1.96 bits per heavy atom. The van der Waals surface area contributed by atoms with Crippen LogP contribution in [0.4, 0.5) is 0 Å². The van der Waals surface area contributed by atoms with Crippen molar-refractivity contribution in [1.82, 2.24) is 9.55 Å². The number of hydrogen-bond acceptors (Lipinski definition) is 3. The molecule has 0 N–H and O–H groups in total. The molecule has 23 heavy (non-hydrogen) atoms. The summed E-state index contributed by atoms with van der Waals surface area (Å²) in [6, 6.07) is 13.1. The molecule has 0 atom stereocenters. The van der Waals surface area contributed by atoms with Crippen molar-refractivity contribution < 1.29 is 9.47 Å². The Hall–Kier alpha value is -1.75. The van der Waals surface area contributed by atoms with E-state index in [2.05, 4.69) is 9.55 Å². The van der Waals surface area contributed by atoms with Gasteiger partial charge in [-0.05, 0) is 30.3 Å². The molecule has 0 saturated carbocycles. The fraction of sp³-hybridized carbons (Fsp3) is 0.235. The van der Waals surface area contributed by atoms with Gasteiger partial charge in [0.2, 0.25) is 0 Å². The van der Waals surface area contributed by atoms with Crippen LogP contribution in [0.25, 0.3) is 11.0 Å². The SMILES string of the molecule is COCCn1c(COc2ccc(Cl)cc2Cl)nc2ccccc21. The molecule has 0 amide bonds. The van der Waals surface area contributed by atoms with Crippen molar-refractivity contribution in [2.24, 2.45) is 0 Å². The first kappa shape index (κ1) is 16.1. The molecule has 3 rings (SSSR count). The van der Waals surface area contributed by atoms with Gasteiger partial charge in [0.25, 0.3) is 0 Å². The minimum Gasteiger partial charge on any atom is -0.484 e. The van der Waals surface area contributed by atoms with E-state index >= 15 is 0 Å². The zero-order chi connectivity index (χ0) is 16.2. The summed E-state index contributed by atoms with van der Waals surface area (Å²) < 4.78 is 13.1. The monoisotopic (exact) mass is 350 g/mol. The van der Waals surface area contributed by atoms with Crippen LogP contribution >= 0.6 is 23.2 Å². The Morgan fingerprint density at radius 1 is 1.13 bits per heavy atom. The lowest BCUT2D eigenvalue weighted by Crippen LogP contribution is -2.10. The molecule has 1 heterocycles. The summed E-state index contributed by atoms with van der Waals surface area (Å²) in [5.41, 5.74) is 2.00. The molecule has 2 aromatic carbocycles. The molecule has 0 fully saturated rings. The van der Waals surface area contributed by atoms with E-state index in [0.29, 0.717) is 35.6 Å². The summed E-state index contributed by atoms with van der Waals surface area (Å²) in [7, 11) is 1.68. The summed E-state index contributed by atoms with van der Waals surface area (Å²) >= 11 is 12.0. The summed E-state index contributed by atoms with van der Waals surface area (Å²) in [5, 5.41) is 1.06. The van der Waals surface area contributed by atoms with Gasteiger partial charge in [-0.3, -0.25) is 0 Å². The van der Waals surface area contributed by atoms with E-state index in [0.717, 1.165) is 16.9 Å². The van der Waals surface area contributed by atoms with Crippen molar-refractivity contribution in [1.29, 1.82) is 0 Å². The second kappa shape index (κ2) is 7.21. The number of nitrogens with zero attached hydrogens (tertiary/aromatic N) is 2. The van der Waals surface area contributed by atoms with Crippen LogP contribution in [0.5, 0.6) is 5.75 Å². The van der Waals surface area contributed by atoms with Crippen LogP contribution < -0.4 is 4.74 Å². The van der Waals surface area contributed by atoms with Gasteiger partial charge in [0.15, 0.2) is 0 Å². The van der Waals surface area contributed by atoms with Crippen molar-refractivity contribution >= 4 is 34.2 Å². The normalized spacial score (nSPS) is 11.1. The summed E-state index contributed by atoms with van der Waals surface area (Å²) in [5.74, 6) is 1.41. The largest absolute Gasteiger partial charge is 0.484 e. The zero-order valence-corrected chi connectivity index (χ0v) is 14.1. The van der Waals surface area contributed by atoms with Crippen LogP contribution in [0.1, 0.15) is 5.82 Å². The number of rotatable bonds is 6. The molecule has 4 nitrogen and oxygen atoms in total. The number of fused-ring (bicyclic) bond motifs is 1. The highest BCUT2D eigenvalue weighted by atomic mass is 35.5. The fourth-order valence-electron chi connectivity index (χ4n) is 2.40. The van der Waals surface area contributed by atoms with Crippen molar-refractivity contribution in [2.75, 3.05) is 13.7 Å². The van der Waals surface area contributed by atoms with Crippen LogP contribution in [-0.4, -0.2) is 23.3 Å². The summed E-state index contributed by atoms with van der Waals surface area (Å²) in [6.45, 7) is 1.64. The van der Waals surface area contributed by atoms with Gasteiger partial charge >= 0.3 is 0 Å². The second-order valence-electron chi connectivity index (χ2n) is 5.02. The van der Waals surface area contributed by atoms with Crippen LogP contribution in [0, 0.1) is 0 Å². The average molecular weight is 351 g/mol. The number of aromatic nitrogens is 2. The third-order valence-corrected chi connectivity index (χ3v) is 4.03. The summed E-state index contributed by atoms with van der Waals surface area (Å²) in [4.78, 5) is 4.64. The van der Waals surface area contributed by atoms with E-state index in [1.165, 1.54) is 0 Å². The molecule has 3 aromatic rings. The topological polar surface area (TPSA) is 36.3 Å².